The van der Waals surface area contributed by atoms with Gasteiger partial charge in [0.2, 0.25) is 5.91 Å². The van der Waals surface area contributed by atoms with E-state index in [1.165, 1.54) is 0 Å². The van der Waals surface area contributed by atoms with Crippen LogP contribution in [-0.2, 0) is 9.53 Å². The Morgan fingerprint density at radius 2 is 2.20 bits per heavy atom. The first-order valence-corrected chi connectivity index (χ1v) is 8.46. The van der Waals surface area contributed by atoms with Crippen molar-refractivity contribution in [3.63, 3.8) is 0 Å². The van der Waals surface area contributed by atoms with Crippen LogP contribution in [0.3, 0.4) is 0 Å². The van der Waals surface area contributed by atoms with Gasteiger partial charge in [0, 0.05) is 37.5 Å². The van der Waals surface area contributed by atoms with E-state index in [0.29, 0.717) is 30.9 Å². The Morgan fingerprint density at radius 3 is 2.92 bits per heavy atom. The van der Waals surface area contributed by atoms with Crippen LogP contribution in [0.25, 0.3) is 0 Å². The monoisotopic (exact) mass is 343 g/mol. The Labute approximate surface area is 148 Å². The SMILES string of the molecule is C#Cc1cccc(NC(=O)N2C[C@@H](C(=O)NCCOC)CC[C@@H]2C)c1. The number of benzene rings is 1. The zero-order valence-electron chi connectivity index (χ0n) is 14.7. The molecular formula is C19H25N3O3. The highest BCUT2D eigenvalue weighted by Crippen LogP contribution is 2.23. The van der Waals surface area contributed by atoms with Gasteiger partial charge in [-0.2, -0.15) is 0 Å². The molecule has 2 N–H and O–H groups in total. The molecule has 0 spiro atoms. The molecule has 2 rings (SSSR count). The minimum absolute atomic E-state index is 0.0314. The highest BCUT2D eigenvalue weighted by Gasteiger charge is 2.32. The van der Waals surface area contributed by atoms with Crippen LogP contribution in [0.1, 0.15) is 25.3 Å². The van der Waals surface area contributed by atoms with Gasteiger partial charge in [-0.05, 0) is 38.0 Å². The number of terminal acetylenes is 1. The van der Waals surface area contributed by atoms with Gasteiger partial charge in [0.05, 0.1) is 12.5 Å². The first-order valence-electron chi connectivity index (χ1n) is 8.46. The number of ether oxygens (including phenoxy) is 1. The fourth-order valence-electron chi connectivity index (χ4n) is 2.91. The molecule has 1 aromatic rings. The Balaban J connectivity index is 1.97. The number of rotatable bonds is 5. The standard InChI is InChI=1S/C19H25N3O3/c1-4-15-6-5-7-17(12-15)21-19(24)22-13-16(9-8-14(22)2)18(23)20-10-11-25-3/h1,5-7,12,14,16H,8-11,13H2,2-3H3,(H,20,23)(H,21,24)/t14-,16-/m0/s1. The molecule has 0 unspecified atom stereocenters. The fourth-order valence-corrected chi connectivity index (χ4v) is 2.91. The lowest BCUT2D eigenvalue weighted by atomic mass is 9.93. The molecule has 6 heteroatoms. The lowest BCUT2D eigenvalue weighted by Gasteiger charge is -2.37. The first kappa shape index (κ1) is 18.8. The number of piperidine rings is 1. The zero-order valence-corrected chi connectivity index (χ0v) is 14.7. The Bertz CT molecular complexity index is 654. The van der Waals surface area contributed by atoms with Crippen LogP contribution >= 0.6 is 0 Å². The number of urea groups is 1. The molecule has 0 bridgehead atoms. The van der Waals surface area contributed by atoms with Crippen molar-refractivity contribution in [3.8, 4) is 12.3 Å². The third kappa shape index (κ3) is 5.23. The van der Waals surface area contributed by atoms with Crippen LogP contribution in [0.15, 0.2) is 24.3 Å². The molecule has 1 heterocycles. The van der Waals surface area contributed by atoms with Crippen molar-refractivity contribution in [1.29, 1.82) is 0 Å². The second-order valence-corrected chi connectivity index (χ2v) is 6.21. The summed E-state index contributed by atoms with van der Waals surface area (Å²) in [6, 6.07) is 7.02. The van der Waals surface area contributed by atoms with Crippen molar-refractivity contribution >= 4 is 17.6 Å². The van der Waals surface area contributed by atoms with Gasteiger partial charge in [-0.15, -0.1) is 6.42 Å². The lowest BCUT2D eigenvalue weighted by Crippen LogP contribution is -2.51. The summed E-state index contributed by atoms with van der Waals surface area (Å²) in [6.07, 6.45) is 6.96. The largest absolute Gasteiger partial charge is 0.383 e. The highest BCUT2D eigenvalue weighted by molar-refractivity contribution is 5.90. The van der Waals surface area contributed by atoms with Gasteiger partial charge in [-0.3, -0.25) is 4.79 Å². The van der Waals surface area contributed by atoms with E-state index >= 15 is 0 Å². The molecule has 0 saturated carbocycles. The van der Waals surface area contributed by atoms with E-state index in [9.17, 15) is 9.59 Å². The lowest BCUT2D eigenvalue weighted by molar-refractivity contribution is -0.126. The average Bonchev–Trinajstić information content (AvgIpc) is 2.62. The van der Waals surface area contributed by atoms with Crippen molar-refractivity contribution < 1.29 is 14.3 Å². The molecule has 134 valence electrons. The van der Waals surface area contributed by atoms with Crippen LogP contribution in [0.2, 0.25) is 0 Å². The maximum atomic E-state index is 12.6. The molecule has 1 aromatic carbocycles. The van der Waals surface area contributed by atoms with E-state index in [1.807, 2.05) is 6.92 Å². The normalized spacial score (nSPS) is 19.8. The van der Waals surface area contributed by atoms with Gasteiger partial charge in [-0.1, -0.05) is 12.0 Å². The van der Waals surface area contributed by atoms with Gasteiger partial charge in [0.15, 0.2) is 0 Å². The summed E-state index contributed by atoms with van der Waals surface area (Å²) in [7, 11) is 1.59. The quantitative estimate of drug-likeness (QED) is 0.635. The van der Waals surface area contributed by atoms with E-state index in [2.05, 4.69) is 16.6 Å². The molecule has 3 amide bonds. The van der Waals surface area contributed by atoms with Gasteiger partial charge in [0.25, 0.3) is 0 Å². The first-order chi connectivity index (χ1) is 12.0. The van der Waals surface area contributed by atoms with Crippen molar-refractivity contribution in [2.24, 2.45) is 5.92 Å². The smallest absolute Gasteiger partial charge is 0.322 e. The highest BCUT2D eigenvalue weighted by atomic mass is 16.5. The van der Waals surface area contributed by atoms with Crippen LogP contribution in [0, 0.1) is 18.3 Å². The van der Waals surface area contributed by atoms with E-state index < -0.39 is 0 Å². The molecule has 0 aliphatic carbocycles. The van der Waals surface area contributed by atoms with Crippen LogP contribution in [0.4, 0.5) is 10.5 Å². The number of methoxy groups -OCH3 is 1. The predicted molar refractivity (Wildman–Crippen MR) is 97.2 cm³/mol. The number of hydrogen-bond donors (Lipinski definition) is 2. The van der Waals surface area contributed by atoms with E-state index in [1.54, 1.807) is 36.3 Å². The van der Waals surface area contributed by atoms with Crippen molar-refractivity contribution in [2.45, 2.75) is 25.8 Å². The predicted octanol–water partition coefficient (Wildman–Crippen LogP) is 2.06. The molecule has 2 atom stereocenters. The minimum Gasteiger partial charge on any atom is -0.383 e. The molecule has 0 radical (unpaired) electrons. The number of anilines is 1. The van der Waals surface area contributed by atoms with Gasteiger partial charge in [-0.25, -0.2) is 4.79 Å². The number of nitrogens with one attached hydrogen (secondary N) is 2. The van der Waals surface area contributed by atoms with Crippen molar-refractivity contribution in [1.82, 2.24) is 10.2 Å². The fraction of sp³-hybridized carbons (Fsp3) is 0.474. The van der Waals surface area contributed by atoms with Crippen LogP contribution in [-0.4, -0.2) is 49.7 Å². The summed E-state index contributed by atoms with van der Waals surface area (Å²) in [5.74, 6) is 2.32. The van der Waals surface area contributed by atoms with Crippen molar-refractivity contribution in [3.05, 3.63) is 29.8 Å². The minimum atomic E-state index is -0.212. The number of carbonyl (C=O) groups is 2. The maximum Gasteiger partial charge on any atom is 0.322 e. The maximum absolute atomic E-state index is 12.6. The van der Waals surface area contributed by atoms with Crippen LogP contribution < -0.4 is 10.6 Å². The van der Waals surface area contributed by atoms with Crippen molar-refractivity contribution in [2.75, 3.05) is 32.1 Å². The Morgan fingerprint density at radius 1 is 1.40 bits per heavy atom. The summed E-state index contributed by atoms with van der Waals surface area (Å²) in [5, 5.41) is 5.72. The summed E-state index contributed by atoms with van der Waals surface area (Å²) >= 11 is 0. The molecule has 25 heavy (non-hydrogen) atoms. The van der Waals surface area contributed by atoms with E-state index in [4.69, 9.17) is 11.2 Å². The summed E-state index contributed by atoms with van der Waals surface area (Å²) in [5.41, 5.74) is 1.36. The Kier molecular flexibility index (Phi) is 6.84. The molecule has 1 aliphatic heterocycles. The van der Waals surface area contributed by atoms with Gasteiger partial charge < -0.3 is 20.3 Å². The van der Waals surface area contributed by atoms with E-state index in [-0.39, 0.29) is 23.9 Å². The number of amides is 3. The summed E-state index contributed by atoms with van der Waals surface area (Å²) in [4.78, 5) is 26.6. The third-order valence-electron chi connectivity index (χ3n) is 4.40. The van der Waals surface area contributed by atoms with Gasteiger partial charge in [0.1, 0.15) is 0 Å². The molecule has 1 fully saturated rings. The second-order valence-electron chi connectivity index (χ2n) is 6.21. The number of hydrogen-bond acceptors (Lipinski definition) is 3. The molecule has 1 aliphatic rings. The van der Waals surface area contributed by atoms with Gasteiger partial charge >= 0.3 is 6.03 Å². The average molecular weight is 343 g/mol. The zero-order chi connectivity index (χ0) is 18.2. The molecular weight excluding hydrogens is 318 g/mol. The Hall–Kier alpha value is -2.52. The number of carbonyl (C=O) groups excluding carboxylic acids is 2. The molecule has 0 aromatic heterocycles. The number of nitrogens with zero attached hydrogens (tertiary/aromatic N) is 1. The van der Waals surface area contributed by atoms with E-state index in [0.717, 1.165) is 12.8 Å². The van der Waals surface area contributed by atoms with Crippen LogP contribution in [0.5, 0.6) is 0 Å². The summed E-state index contributed by atoms with van der Waals surface area (Å²) in [6.45, 7) is 3.36. The second kappa shape index (κ2) is 9.09. The topological polar surface area (TPSA) is 70.7 Å². The number of likely N-dealkylation sites (tertiary alicyclic amines) is 1. The summed E-state index contributed by atoms with van der Waals surface area (Å²) < 4.78 is 4.94. The molecule has 6 nitrogen and oxygen atoms in total. The third-order valence-corrected chi connectivity index (χ3v) is 4.40. The molecule has 1 saturated heterocycles.